The summed E-state index contributed by atoms with van der Waals surface area (Å²) in [5, 5.41) is 3.13. The summed E-state index contributed by atoms with van der Waals surface area (Å²) in [4.78, 5) is 27.3. The first-order chi connectivity index (χ1) is 14.2. The first-order valence-corrected chi connectivity index (χ1v) is 11.1. The molecule has 1 saturated carbocycles. The second-order valence-electron chi connectivity index (χ2n) is 8.57. The van der Waals surface area contributed by atoms with Crippen LogP contribution in [0.5, 0.6) is 11.5 Å². The SMILES string of the molecule is O=C(CCC(=O)c1ccc2c(c1)OCCO2)NC1CCN(CC2CCCC2)CC1. The number of hydrogen-bond acceptors (Lipinski definition) is 5. The summed E-state index contributed by atoms with van der Waals surface area (Å²) in [5.74, 6) is 2.10. The molecule has 1 aromatic carbocycles. The summed E-state index contributed by atoms with van der Waals surface area (Å²) in [7, 11) is 0. The number of hydrogen-bond donors (Lipinski definition) is 1. The van der Waals surface area contributed by atoms with Crippen molar-refractivity contribution < 1.29 is 19.1 Å². The van der Waals surface area contributed by atoms with E-state index in [0.29, 0.717) is 30.3 Å². The van der Waals surface area contributed by atoms with Crippen LogP contribution in [0.25, 0.3) is 0 Å². The van der Waals surface area contributed by atoms with Gasteiger partial charge in [-0.05, 0) is 49.8 Å². The van der Waals surface area contributed by atoms with Gasteiger partial charge in [-0.25, -0.2) is 0 Å². The minimum atomic E-state index is -0.0384. The molecule has 6 heteroatoms. The number of likely N-dealkylation sites (tertiary alicyclic amines) is 1. The molecule has 2 heterocycles. The van der Waals surface area contributed by atoms with Crippen LogP contribution >= 0.6 is 0 Å². The van der Waals surface area contributed by atoms with E-state index < -0.39 is 0 Å². The number of ketones is 1. The highest BCUT2D eigenvalue weighted by Crippen LogP contribution is 2.31. The molecule has 1 aliphatic carbocycles. The zero-order chi connectivity index (χ0) is 20.1. The highest BCUT2D eigenvalue weighted by molar-refractivity contribution is 5.98. The molecule has 0 aromatic heterocycles. The van der Waals surface area contributed by atoms with Gasteiger partial charge in [0.1, 0.15) is 13.2 Å². The van der Waals surface area contributed by atoms with E-state index in [1.54, 1.807) is 18.2 Å². The average molecular weight is 401 g/mol. The molecule has 0 atom stereocenters. The third kappa shape index (κ3) is 5.50. The highest BCUT2D eigenvalue weighted by Gasteiger charge is 2.24. The number of carbonyl (C=O) groups is 2. The van der Waals surface area contributed by atoms with Crippen molar-refractivity contribution in [3.05, 3.63) is 23.8 Å². The van der Waals surface area contributed by atoms with Crippen LogP contribution in [-0.4, -0.2) is 55.5 Å². The van der Waals surface area contributed by atoms with Crippen molar-refractivity contribution >= 4 is 11.7 Å². The Morgan fingerprint density at radius 1 is 0.966 bits per heavy atom. The van der Waals surface area contributed by atoms with Gasteiger partial charge < -0.3 is 19.7 Å². The molecule has 29 heavy (non-hydrogen) atoms. The number of benzene rings is 1. The van der Waals surface area contributed by atoms with Crippen LogP contribution in [-0.2, 0) is 4.79 Å². The molecule has 4 rings (SSSR count). The largest absolute Gasteiger partial charge is 0.486 e. The first kappa shape index (κ1) is 20.2. The number of fused-ring (bicyclic) bond motifs is 1. The Morgan fingerprint density at radius 3 is 2.45 bits per heavy atom. The lowest BCUT2D eigenvalue weighted by Crippen LogP contribution is -2.45. The number of nitrogens with one attached hydrogen (secondary N) is 1. The van der Waals surface area contributed by atoms with Gasteiger partial charge in [0, 0.05) is 44.1 Å². The summed E-state index contributed by atoms with van der Waals surface area (Å²) in [5.41, 5.74) is 0.572. The van der Waals surface area contributed by atoms with Crippen LogP contribution in [0.3, 0.4) is 0 Å². The molecular formula is C23H32N2O4. The van der Waals surface area contributed by atoms with Crippen LogP contribution in [0.4, 0.5) is 0 Å². The average Bonchev–Trinajstić information content (AvgIpc) is 3.26. The summed E-state index contributed by atoms with van der Waals surface area (Å²) in [6.07, 6.45) is 8.01. The third-order valence-corrected chi connectivity index (χ3v) is 6.39. The quantitative estimate of drug-likeness (QED) is 0.712. The number of nitrogens with zero attached hydrogens (tertiary/aromatic N) is 1. The highest BCUT2D eigenvalue weighted by atomic mass is 16.6. The number of rotatable bonds is 7. The first-order valence-electron chi connectivity index (χ1n) is 11.1. The minimum absolute atomic E-state index is 0.0230. The molecule has 1 N–H and O–H groups in total. The summed E-state index contributed by atoms with van der Waals surface area (Å²) in [6.45, 7) is 4.38. The Labute approximate surface area is 172 Å². The Balaban J connectivity index is 1.17. The zero-order valence-electron chi connectivity index (χ0n) is 17.2. The second kappa shape index (κ2) is 9.61. The van der Waals surface area contributed by atoms with E-state index in [1.807, 2.05) is 0 Å². The molecule has 0 bridgehead atoms. The van der Waals surface area contributed by atoms with E-state index in [1.165, 1.54) is 32.2 Å². The van der Waals surface area contributed by atoms with Gasteiger partial charge in [0.15, 0.2) is 17.3 Å². The van der Waals surface area contributed by atoms with Gasteiger partial charge >= 0.3 is 0 Å². The maximum atomic E-state index is 12.5. The maximum absolute atomic E-state index is 12.5. The Morgan fingerprint density at radius 2 is 1.69 bits per heavy atom. The molecule has 1 amide bonds. The molecule has 0 spiro atoms. The Kier molecular flexibility index (Phi) is 6.70. The van der Waals surface area contributed by atoms with E-state index in [-0.39, 0.29) is 30.6 Å². The number of piperidine rings is 1. The van der Waals surface area contributed by atoms with E-state index in [2.05, 4.69) is 10.2 Å². The standard InChI is InChI=1S/C23H32N2O4/c26-20(18-5-7-21-22(15-18)29-14-13-28-21)6-8-23(27)24-19-9-11-25(12-10-19)16-17-3-1-2-4-17/h5,7,15,17,19H,1-4,6,8-14,16H2,(H,24,27). The normalized spacial score (nSPS) is 20.6. The minimum Gasteiger partial charge on any atom is -0.486 e. The van der Waals surface area contributed by atoms with E-state index in [0.717, 1.165) is 31.8 Å². The second-order valence-corrected chi connectivity index (χ2v) is 8.57. The van der Waals surface area contributed by atoms with Crippen LogP contribution in [0.1, 0.15) is 61.7 Å². The van der Waals surface area contributed by atoms with E-state index in [9.17, 15) is 9.59 Å². The van der Waals surface area contributed by atoms with Crippen LogP contribution in [0.2, 0.25) is 0 Å². The van der Waals surface area contributed by atoms with Gasteiger partial charge in [0.05, 0.1) is 0 Å². The molecule has 1 saturated heterocycles. The molecule has 2 aliphatic heterocycles. The summed E-state index contributed by atoms with van der Waals surface area (Å²) < 4.78 is 11.0. The third-order valence-electron chi connectivity index (χ3n) is 6.39. The van der Waals surface area contributed by atoms with Crippen LogP contribution in [0.15, 0.2) is 18.2 Å². The topological polar surface area (TPSA) is 67.9 Å². The van der Waals surface area contributed by atoms with Gasteiger partial charge in [-0.15, -0.1) is 0 Å². The molecular weight excluding hydrogens is 368 g/mol. The number of ether oxygens (including phenoxy) is 2. The van der Waals surface area contributed by atoms with Gasteiger partial charge in [0.25, 0.3) is 0 Å². The number of amides is 1. The van der Waals surface area contributed by atoms with Crippen molar-refractivity contribution in [3.63, 3.8) is 0 Å². The van der Waals surface area contributed by atoms with Gasteiger partial charge in [-0.3, -0.25) is 9.59 Å². The Hall–Kier alpha value is -2.08. The Bertz CT molecular complexity index is 722. The van der Waals surface area contributed by atoms with Gasteiger partial charge in [0.2, 0.25) is 5.91 Å². The van der Waals surface area contributed by atoms with Crippen molar-refractivity contribution in [3.8, 4) is 11.5 Å². The van der Waals surface area contributed by atoms with E-state index >= 15 is 0 Å². The van der Waals surface area contributed by atoms with Gasteiger partial charge in [-0.2, -0.15) is 0 Å². The molecule has 0 radical (unpaired) electrons. The molecule has 0 unspecified atom stereocenters. The van der Waals surface area contributed by atoms with Crippen molar-refractivity contribution in [2.24, 2.45) is 5.92 Å². The zero-order valence-corrected chi connectivity index (χ0v) is 17.2. The van der Waals surface area contributed by atoms with E-state index in [4.69, 9.17) is 9.47 Å². The van der Waals surface area contributed by atoms with Crippen molar-refractivity contribution in [2.75, 3.05) is 32.8 Å². The van der Waals surface area contributed by atoms with Crippen LogP contribution in [0, 0.1) is 5.92 Å². The number of carbonyl (C=O) groups excluding carboxylic acids is 2. The molecule has 3 aliphatic rings. The van der Waals surface area contributed by atoms with Crippen molar-refractivity contribution in [1.82, 2.24) is 10.2 Å². The summed E-state index contributed by atoms with van der Waals surface area (Å²) in [6, 6.07) is 5.47. The molecule has 158 valence electrons. The monoisotopic (exact) mass is 400 g/mol. The molecule has 2 fully saturated rings. The van der Waals surface area contributed by atoms with Gasteiger partial charge in [-0.1, -0.05) is 12.8 Å². The molecule has 6 nitrogen and oxygen atoms in total. The van der Waals surface area contributed by atoms with Crippen molar-refractivity contribution in [2.45, 2.75) is 57.4 Å². The summed E-state index contributed by atoms with van der Waals surface area (Å²) >= 11 is 0. The van der Waals surface area contributed by atoms with Crippen LogP contribution < -0.4 is 14.8 Å². The fraction of sp³-hybridized carbons (Fsp3) is 0.652. The lowest BCUT2D eigenvalue weighted by molar-refractivity contribution is -0.122. The maximum Gasteiger partial charge on any atom is 0.220 e. The predicted molar refractivity (Wildman–Crippen MR) is 111 cm³/mol. The smallest absolute Gasteiger partial charge is 0.220 e. The lowest BCUT2D eigenvalue weighted by atomic mass is 10.0. The lowest BCUT2D eigenvalue weighted by Gasteiger charge is -2.33. The number of Topliss-reactive ketones (excluding diaryl/α,β-unsaturated/α-hetero) is 1. The predicted octanol–water partition coefficient (Wildman–Crippen LogP) is 3.19. The van der Waals surface area contributed by atoms with Crippen molar-refractivity contribution in [1.29, 1.82) is 0 Å². The fourth-order valence-corrected chi connectivity index (χ4v) is 4.71. The molecule has 1 aromatic rings. The fourth-order valence-electron chi connectivity index (χ4n) is 4.71.